The molecule has 0 radical (unpaired) electrons. The summed E-state index contributed by atoms with van der Waals surface area (Å²) in [5.41, 5.74) is 13.3. The number of nitrogens with two attached hydrogens (primary N) is 2. The lowest BCUT2D eigenvalue weighted by molar-refractivity contribution is -0.142. The van der Waals surface area contributed by atoms with Gasteiger partial charge in [-0.1, -0.05) is 0 Å². The number of thioether (sulfide) groups is 1. The fourth-order valence-electron chi connectivity index (χ4n) is 1.24. The number of nitrogens with one attached hydrogen (secondary N) is 1. The summed E-state index contributed by atoms with van der Waals surface area (Å²) in [5.74, 6) is -1.99. The molecule has 0 bridgehead atoms. The second kappa shape index (κ2) is 6.17. The van der Waals surface area contributed by atoms with Crippen molar-refractivity contribution in [1.82, 2.24) is 5.48 Å². The van der Waals surface area contributed by atoms with E-state index in [1.54, 1.807) is 0 Å². The van der Waals surface area contributed by atoms with E-state index >= 15 is 0 Å². The van der Waals surface area contributed by atoms with Crippen LogP contribution in [0.15, 0.2) is 0 Å². The van der Waals surface area contributed by atoms with Crippen molar-refractivity contribution in [1.29, 1.82) is 0 Å². The monoisotopic (exact) mass is 265 g/mol. The minimum atomic E-state index is -1.13. The van der Waals surface area contributed by atoms with Crippen LogP contribution < -0.4 is 16.9 Å². The molecule has 1 fully saturated rings. The predicted molar refractivity (Wildman–Crippen MR) is 60.1 cm³/mol. The van der Waals surface area contributed by atoms with Gasteiger partial charge in [-0.05, 0) is 0 Å². The zero-order valence-electron chi connectivity index (χ0n) is 8.91. The molecule has 0 spiro atoms. The van der Waals surface area contributed by atoms with E-state index in [0.717, 1.165) is 0 Å². The van der Waals surface area contributed by atoms with E-state index in [-0.39, 0.29) is 11.1 Å². The van der Waals surface area contributed by atoms with Crippen molar-refractivity contribution in [3.8, 4) is 0 Å². The van der Waals surface area contributed by atoms with E-state index in [0.29, 0.717) is 6.42 Å². The number of carboxylic acid groups (broad SMARTS) is 2. The fourth-order valence-corrected chi connectivity index (χ4v) is 2.27. The van der Waals surface area contributed by atoms with E-state index in [2.05, 4.69) is 5.48 Å². The molecule has 17 heavy (non-hydrogen) atoms. The molecule has 98 valence electrons. The number of hydrogen-bond donors (Lipinski definition) is 5. The topological polar surface area (TPSA) is 148 Å². The van der Waals surface area contributed by atoms with Crippen LogP contribution in [0.4, 0.5) is 0 Å². The number of hydroxylamine groups is 1. The van der Waals surface area contributed by atoms with Crippen molar-refractivity contribution < 1.29 is 24.6 Å². The molecule has 0 unspecified atom stereocenters. The molecule has 9 heteroatoms. The van der Waals surface area contributed by atoms with Crippen LogP contribution in [0.1, 0.15) is 6.42 Å². The first-order valence-electron chi connectivity index (χ1n) is 4.91. The summed E-state index contributed by atoms with van der Waals surface area (Å²) in [4.78, 5) is 26.1. The lowest BCUT2D eigenvalue weighted by atomic mass is 10.1. The summed E-state index contributed by atoms with van der Waals surface area (Å²) < 4.78 is 0. The highest BCUT2D eigenvalue weighted by molar-refractivity contribution is 7.99. The summed E-state index contributed by atoms with van der Waals surface area (Å²) in [6.45, 7) is 0. The molecule has 1 aliphatic heterocycles. The summed E-state index contributed by atoms with van der Waals surface area (Å²) in [7, 11) is 0. The third-order valence-electron chi connectivity index (χ3n) is 2.28. The van der Waals surface area contributed by atoms with Crippen molar-refractivity contribution in [3.05, 3.63) is 0 Å². The highest BCUT2D eigenvalue weighted by Crippen LogP contribution is 2.22. The Morgan fingerprint density at radius 1 is 1.41 bits per heavy atom. The van der Waals surface area contributed by atoms with E-state index < -0.39 is 30.1 Å². The first-order valence-corrected chi connectivity index (χ1v) is 5.96. The zero-order valence-corrected chi connectivity index (χ0v) is 9.72. The van der Waals surface area contributed by atoms with Gasteiger partial charge in [0, 0.05) is 12.2 Å². The average Bonchev–Trinajstić information content (AvgIpc) is 2.72. The molecule has 8 nitrogen and oxygen atoms in total. The van der Waals surface area contributed by atoms with Gasteiger partial charge in [-0.2, -0.15) is 5.48 Å². The van der Waals surface area contributed by atoms with Crippen LogP contribution in [0, 0.1) is 0 Å². The van der Waals surface area contributed by atoms with E-state index in [1.165, 1.54) is 11.8 Å². The lowest BCUT2D eigenvalue weighted by Crippen LogP contribution is -2.41. The quantitative estimate of drug-likeness (QED) is 0.373. The Bertz CT molecular complexity index is 303. The molecule has 1 aliphatic rings. The third kappa shape index (κ3) is 4.13. The molecule has 0 aromatic carbocycles. The Hall–Kier alpha value is -0.870. The van der Waals surface area contributed by atoms with Crippen LogP contribution >= 0.6 is 11.8 Å². The molecule has 0 aromatic heterocycles. The van der Waals surface area contributed by atoms with Crippen molar-refractivity contribution in [2.24, 2.45) is 11.5 Å². The summed E-state index contributed by atoms with van der Waals surface area (Å²) >= 11 is 1.26. The van der Waals surface area contributed by atoms with Gasteiger partial charge < -0.3 is 21.7 Å². The van der Waals surface area contributed by atoms with Crippen molar-refractivity contribution >= 4 is 23.7 Å². The van der Waals surface area contributed by atoms with Crippen LogP contribution in [0.2, 0.25) is 0 Å². The van der Waals surface area contributed by atoms with Gasteiger partial charge in [0.2, 0.25) is 0 Å². The van der Waals surface area contributed by atoms with Gasteiger partial charge in [-0.25, -0.2) is 0 Å². The van der Waals surface area contributed by atoms with Crippen molar-refractivity contribution in [2.75, 3.05) is 5.75 Å². The van der Waals surface area contributed by atoms with Gasteiger partial charge in [0.05, 0.1) is 5.37 Å². The minimum absolute atomic E-state index is 0.198. The van der Waals surface area contributed by atoms with Gasteiger partial charge in [-0.3, -0.25) is 14.4 Å². The maximum Gasteiger partial charge on any atom is 0.323 e. The van der Waals surface area contributed by atoms with E-state index in [1.807, 2.05) is 0 Å². The summed E-state index contributed by atoms with van der Waals surface area (Å²) in [6, 6.07) is -2.05. The van der Waals surface area contributed by atoms with Crippen molar-refractivity contribution in [2.45, 2.75) is 30.0 Å². The number of hydrogen-bond acceptors (Lipinski definition) is 7. The van der Waals surface area contributed by atoms with Crippen molar-refractivity contribution in [3.63, 3.8) is 0 Å². The second-order valence-electron chi connectivity index (χ2n) is 3.64. The van der Waals surface area contributed by atoms with Gasteiger partial charge in [0.15, 0.2) is 0 Å². The zero-order chi connectivity index (χ0) is 13.0. The maximum absolute atomic E-state index is 10.6. The van der Waals surface area contributed by atoms with Gasteiger partial charge in [0.25, 0.3) is 0 Å². The lowest BCUT2D eigenvalue weighted by Gasteiger charge is -2.12. The Labute approximate surface area is 102 Å². The normalized spacial score (nSPS) is 27.6. The van der Waals surface area contributed by atoms with Crippen LogP contribution in [0.25, 0.3) is 0 Å². The van der Waals surface area contributed by atoms with Gasteiger partial charge >= 0.3 is 11.9 Å². The largest absolute Gasteiger partial charge is 0.480 e. The van der Waals surface area contributed by atoms with Gasteiger partial charge in [-0.15, -0.1) is 11.8 Å². The molecule has 4 atom stereocenters. The summed E-state index contributed by atoms with van der Waals surface area (Å²) in [6.07, 6.45) is -0.226. The molecule has 0 aromatic rings. The molecule has 0 amide bonds. The number of aliphatic carboxylic acids is 2. The minimum Gasteiger partial charge on any atom is -0.480 e. The van der Waals surface area contributed by atoms with E-state index in [9.17, 15) is 9.59 Å². The Balaban J connectivity index is 2.31. The molecule has 0 saturated carbocycles. The molecule has 1 saturated heterocycles. The Kier molecular flexibility index (Phi) is 5.15. The highest BCUT2D eigenvalue weighted by Gasteiger charge is 2.34. The highest BCUT2D eigenvalue weighted by atomic mass is 32.2. The molecule has 1 heterocycles. The third-order valence-corrected chi connectivity index (χ3v) is 3.52. The Morgan fingerprint density at radius 3 is 2.59 bits per heavy atom. The summed E-state index contributed by atoms with van der Waals surface area (Å²) in [5, 5.41) is 17.1. The van der Waals surface area contributed by atoms with Gasteiger partial charge in [0.1, 0.15) is 18.2 Å². The van der Waals surface area contributed by atoms with Crippen LogP contribution in [0.3, 0.4) is 0 Å². The first-order chi connectivity index (χ1) is 7.91. The number of rotatable bonds is 6. The number of carbonyl (C=O) groups is 2. The van der Waals surface area contributed by atoms with Crippen LogP contribution in [0.5, 0.6) is 0 Å². The Morgan fingerprint density at radius 2 is 2.06 bits per heavy atom. The standard InChI is InChI=1S/C8H15N3O5S/c9-3(7(12)13)2-17-5-1-4(16-11-5)6(10)8(14)15/h3-6,11H,1-2,9-10H2,(H,12,13)(H,14,15)/t3-,4+,5+,6+/m0/s1. The molecular weight excluding hydrogens is 250 g/mol. The molecule has 7 N–H and O–H groups in total. The predicted octanol–water partition coefficient (Wildman–Crippen LogP) is -1.84. The number of carboxylic acids is 2. The van der Waals surface area contributed by atoms with Crippen LogP contribution in [-0.2, 0) is 14.4 Å². The second-order valence-corrected chi connectivity index (χ2v) is 4.88. The first kappa shape index (κ1) is 14.2. The molecule has 1 rings (SSSR count). The average molecular weight is 265 g/mol. The van der Waals surface area contributed by atoms with E-state index in [4.69, 9.17) is 26.5 Å². The maximum atomic E-state index is 10.6. The molecular formula is C8H15N3O5S. The smallest absolute Gasteiger partial charge is 0.323 e. The van der Waals surface area contributed by atoms with Crippen LogP contribution in [-0.4, -0.2) is 51.5 Å². The fraction of sp³-hybridized carbons (Fsp3) is 0.750. The SMILES string of the molecule is N[C@@H](CS[C@@H]1C[C@H]([C@@H](N)C(=O)O)ON1)C(=O)O. The molecule has 0 aliphatic carbocycles.